The second-order valence-corrected chi connectivity index (χ2v) is 7.39. The van der Waals surface area contributed by atoms with Crippen molar-refractivity contribution in [3.8, 4) is 10.6 Å². The van der Waals surface area contributed by atoms with Crippen molar-refractivity contribution >= 4 is 11.3 Å². The van der Waals surface area contributed by atoms with Crippen molar-refractivity contribution in [1.82, 2.24) is 4.98 Å². The number of hydrogen-bond acceptors (Lipinski definition) is 2. The normalized spacial score (nSPS) is 11.9. The number of pyridine rings is 1. The highest BCUT2D eigenvalue weighted by atomic mass is 32.1. The molecule has 0 aliphatic heterocycles. The Morgan fingerprint density at radius 1 is 1.00 bits per heavy atom. The lowest BCUT2D eigenvalue weighted by Crippen LogP contribution is -2.33. The van der Waals surface area contributed by atoms with E-state index in [0.717, 1.165) is 35.7 Å². The van der Waals surface area contributed by atoms with Crippen LogP contribution in [0, 0.1) is 0 Å². The predicted octanol–water partition coefficient (Wildman–Crippen LogP) is 6.07. The predicted molar refractivity (Wildman–Crippen MR) is 102 cm³/mol. The summed E-state index contributed by atoms with van der Waals surface area (Å²) in [5.74, 6) is 0.588. The van der Waals surface area contributed by atoms with Crippen LogP contribution in [0.3, 0.4) is 0 Å². The van der Waals surface area contributed by atoms with Crippen molar-refractivity contribution in [2.45, 2.75) is 45.3 Å². The maximum atomic E-state index is 12.7. The molecule has 6 heteroatoms. The molecule has 2 aromatic heterocycles. The molecule has 3 rings (SSSR count). The van der Waals surface area contributed by atoms with E-state index in [2.05, 4.69) is 47.9 Å². The lowest BCUT2D eigenvalue weighted by atomic mass is 9.95. The van der Waals surface area contributed by atoms with Gasteiger partial charge in [0.25, 0.3) is 0 Å². The van der Waals surface area contributed by atoms with Crippen LogP contribution in [0.4, 0.5) is 13.2 Å². The molecule has 0 bridgehead atoms. The van der Waals surface area contributed by atoms with Gasteiger partial charge in [0, 0.05) is 23.1 Å². The number of nitrogens with zero attached hydrogens (tertiary/aromatic N) is 2. The van der Waals surface area contributed by atoms with E-state index in [4.69, 9.17) is 0 Å². The van der Waals surface area contributed by atoms with Crippen molar-refractivity contribution in [2.24, 2.45) is 0 Å². The van der Waals surface area contributed by atoms with E-state index < -0.39 is 11.7 Å². The second kappa shape index (κ2) is 8.21. The minimum atomic E-state index is -4.32. The van der Waals surface area contributed by atoms with E-state index in [1.54, 1.807) is 0 Å². The summed E-state index contributed by atoms with van der Waals surface area (Å²) in [4.78, 5) is 4.57. The van der Waals surface area contributed by atoms with Crippen molar-refractivity contribution in [3.63, 3.8) is 0 Å². The Balaban J connectivity index is 1.71. The van der Waals surface area contributed by atoms with Crippen LogP contribution >= 0.6 is 11.3 Å². The minimum Gasteiger partial charge on any atom is -0.234 e. The van der Waals surface area contributed by atoms with Gasteiger partial charge in [0.15, 0.2) is 18.9 Å². The molecule has 142 valence electrons. The summed E-state index contributed by atoms with van der Waals surface area (Å²) in [5.41, 5.74) is 2.31. The molecule has 2 heterocycles. The molecule has 0 atom stereocenters. The summed E-state index contributed by atoms with van der Waals surface area (Å²) >= 11 is 1.44. The van der Waals surface area contributed by atoms with Crippen molar-refractivity contribution in [1.29, 1.82) is 0 Å². The maximum Gasteiger partial charge on any atom is 0.416 e. The van der Waals surface area contributed by atoms with Crippen LogP contribution < -0.4 is 4.57 Å². The quantitative estimate of drug-likeness (QED) is 0.466. The van der Waals surface area contributed by atoms with E-state index in [-0.39, 0.29) is 0 Å². The number of hydrogen-bond donors (Lipinski definition) is 0. The zero-order chi connectivity index (χ0) is 19.4. The van der Waals surface area contributed by atoms with E-state index >= 15 is 0 Å². The first-order valence-corrected chi connectivity index (χ1v) is 9.89. The topological polar surface area (TPSA) is 16.8 Å². The second-order valence-electron chi connectivity index (χ2n) is 6.54. The Kier molecular flexibility index (Phi) is 5.95. The van der Waals surface area contributed by atoms with Crippen molar-refractivity contribution in [3.05, 3.63) is 71.0 Å². The summed E-state index contributed by atoms with van der Waals surface area (Å²) in [6.45, 7) is 5.04. The zero-order valence-corrected chi connectivity index (χ0v) is 16.1. The van der Waals surface area contributed by atoms with Crippen LogP contribution in [0.5, 0.6) is 0 Å². The van der Waals surface area contributed by atoms with E-state index in [1.165, 1.54) is 29.0 Å². The fourth-order valence-corrected chi connectivity index (χ4v) is 3.92. The molecule has 0 spiro atoms. The summed E-state index contributed by atoms with van der Waals surface area (Å²) in [7, 11) is 0. The monoisotopic (exact) mass is 391 g/mol. The van der Waals surface area contributed by atoms with Crippen molar-refractivity contribution in [2.75, 3.05) is 0 Å². The van der Waals surface area contributed by atoms with Gasteiger partial charge in [-0.05, 0) is 36.5 Å². The SMILES string of the molecule is CCC(CC)c1cc[n+](Cc2csc(-c3ccc(C(F)(F)F)cc3)n2)cc1. The molecule has 0 N–H and O–H groups in total. The minimum absolute atomic E-state index is 0.588. The Morgan fingerprint density at radius 2 is 1.63 bits per heavy atom. The van der Waals surface area contributed by atoms with Crippen LogP contribution in [0.1, 0.15) is 49.4 Å². The smallest absolute Gasteiger partial charge is 0.234 e. The third-order valence-corrected chi connectivity index (χ3v) is 5.67. The Labute approximate surface area is 161 Å². The average molecular weight is 391 g/mol. The molecule has 0 unspecified atom stereocenters. The largest absolute Gasteiger partial charge is 0.416 e. The van der Waals surface area contributed by atoms with Gasteiger partial charge in [-0.3, -0.25) is 0 Å². The number of thiazole rings is 1. The van der Waals surface area contributed by atoms with Gasteiger partial charge < -0.3 is 0 Å². The fourth-order valence-electron chi connectivity index (χ4n) is 3.11. The number of alkyl halides is 3. The summed E-state index contributed by atoms with van der Waals surface area (Å²) in [5, 5.41) is 2.68. The van der Waals surface area contributed by atoms with Gasteiger partial charge in [0.05, 0.1) is 5.56 Å². The van der Waals surface area contributed by atoms with Gasteiger partial charge in [-0.2, -0.15) is 17.7 Å². The first-order chi connectivity index (χ1) is 12.9. The third kappa shape index (κ3) is 4.75. The van der Waals surface area contributed by atoms with Crippen molar-refractivity contribution < 1.29 is 17.7 Å². The Hall–Kier alpha value is -2.21. The highest BCUT2D eigenvalue weighted by molar-refractivity contribution is 7.13. The number of halogens is 3. The molecular weight excluding hydrogens is 369 g/mol. The number of benzene rings is 1. The summed E-state index contributed by atoms with van der Waals surface area (Å²) < 4.78 is 40.1. The molecule has 0 amide bonds. The molecular formula is C21H22F3N2S+. The van der Waals surface area contributed by atoms with Crippen LogP contribution in [0.25, 0.3) is 10.6 Å². The van der Waals surface area contributed by atoms with Crippen LogP contribution in [0.15, 0.2) is 54.2 Å². The van der Waals surface area contributed by atoms with Gasteiger partial charge >= 0.3 is 6.18 Å². The number of rotatable bonds is 6. The molecule has 3 aromatic rings. The van der Waals surface area contributed by atoms with E-state index in [9.17, 15) is 13.2 Å². The van der Waals surface area contributed by atoms with Gasteiger partial charge in [-0.25, -0.2) is 4.98 Å². The van der Waals surface area contributed by atoms with E-state index in [0.29, 0.717) is 18.0 Å². The molecule has 1 aromatic carbocycles. The molecule has 0 aliphatic carbocycles. The van der Waals surface area contributed by atoms with Gasteiger partial charge in [-0.15, -0.1) is 11.3 Å². The zero-order valence-electron chi connectivity index (χ0n) is 15.3. The number of aromatic nitrogens is 2. The van der Waals surface area contributed by atoms with Gasteiger partial charge in [0.1, 0.15) is 10.7 Å². The third-order valence-electron chi connectivity index (χ3n) is 4.73. The molecule has 0 aliphatic rings. The lowest BCUT2D eigenvalue weighted by molar-refractivity contribution is -0.688. The van der Waals surface area contributed by atoms with E-state index in [1.807, 2.05) is 5.38 Å². The molecule has 0 radical (unpaired) electrons. The molecule has 0 saturated heterocycles. The average Bonchev–Trinajstić information content (AvgIpc) is 3.12. The molecule has 27 heavy (non-hydrogen) atoms. The Bertz CT molecular complexity index is 864. The highest BCUT2D eigenvalue weighted by Crippen LogP contribution is 2.31. The molecule has 0 fully saturated rings. The summed E-state index contributed by atoms with van der Waals surface area (Å²) in [6, 6.07) is 9.46. The van der Waals surface area contributed by atoms with Gasteiger partial charge in [0.2, 0.25) is 0 Å². The standard InChI is InChI=1S/C21H22F3N2S/c1-3-15(4-2)16-9-11-26(12-10-16)13-19-14-27-20(25-19)17-5-7-18(8-6-17)21(22,23)24/h5-12,14-15H,3-4,13H2,1-2H3/q+1. The fraction of sp³-hybridized carbons (Fsp3) is 0.333. The highest BCUT2D eigenvalue weighted by Gasteiger charge is 2.30. The molecule has 2 nitrogen and oxygen atoms in total. The summed E-state index contributed by atoms with van der Waals surface area (Å²) in [6.07, 6.45) is 2.06. The van der Waals surface area contributed by atoms with Crippen LogP contribution in [-0.2, 0) is 12.7 Å². The first kappa shape index (κ1) is 19.5. The van der Waals surface area contributed by atoms with Crippen LogP contribution in [0.2, 0.25) is 0 Å². The first-order valence-electron chi connectivity index (χ1n) is 9.01. The lowest BCUT2D eigenvalue weighted by Gasteiger charge is -2.11. The van der Waals surface area contributed by atoms with Crippen LogP contribution in [-0.4, -0.2) is 4.98 Å². The maximum absolute atomic E-state index is 12.7. The Morgan fingerprint density at radius 3 is 2.19 bits per heavy atom. The molecule has 0 saturated carbocycles. The van der Waals surface area contributed by atoms with Gasteiger partial charge in [-0.1, -0.05) is 26.0 Å².